The Bertz CT molecular complexity index is 2950. The summed E-state index contributed by atoms with van der Waals surface area (Å²) in [5.41, 5.74) is 9.21. The van der Waals surface area contributed by atoms with Crippen LogP contribution in [0.2, 0.25) is 0 Å². The van der Waals surface area contributed by atoms with Gasteiger partial charge >= 0.3 is 6.03 Å². The Balaban J connectivity index is 1.43. The summed E-state index contributed by atoms with van der Waals surface area (Å²) >= 11 is 0. The van der Waals surface area contributed by atoms with Crippen molar-refractivity contribution in [3.8, 4) is 0 Å². The molecule has 0 bridgehead atoms. The van der Waals surface area contributed by atoms with Crippen molar-refractivity contribution < 1.29 is 57.4 Å². The second-order valence-electron chi connectivity index (χ2n) is 27.1. The highest BCUT2D eigenvalue weighted by molar-refractivity contribution is 5.98. The molecule has 22 heteroatoms. The van der Waals surface area contributed by atoms with Crippen LogP contribution < -0.4 is 37.6 Å². The predicted molar refractivity (Wildman–Crippen MR) is 369 cm³/mol. The van der Waals surface area contributed by atoms with Crippen LogP contribution in [0.4, 0.5) is 10.5 Å². The number of likely N-dealkylation sites (tertiary alicyclic amines) is 1. The molecule has 0 saturated carbocycles. The highest BCUT2D eigenvalue weighted by Crippen LogP contribution is 2.32. The molecule has 3 aromatic carbocycles. The lowest BCUT2D eigenvalue weighted by molar-refractivity contribution is -0.148. The van der Waals surface area contributed by atoms with Gasteiger partial charge in [0.25, 0.3) is 0 Å². The minimum absolute atomic E-state index is 0.000458. The molecule has 4 rings (SSSR count). The third-order valence-electron chi connectivity index (χ3n) is 18.5. The van der Waals surface area contributed by atoms with Gasteiger partial charge in [-0.3, -0.25) is 48.1 Å². The highest BCUT2D eigenvalue weighted by atomic mass is 16.5. The van der Waals surface area contributed by atoms with Crippen molar-refractivity contribution in [1.29, 1.82) is 0 Å². The summed E-state index contributed by atoms with van der Waals surface area (Å²) in [5, 5.41) is 17.4. The Morgan fingerprint density at radius 3 is 1.83 bits per heavy atom. The van der Waals surface area contributed by atoms with Gasteiger partial charge in [0, 0.05) is 103 Å². The number of Topliss-reactive ketones (excluding diaryl/α,β-unsaturated/α-hetero) is 3. The molecule has 22 nitrogen and oxygen atoms in total. The zero-order chi connectivity index (χ0) is 70.6. The Morgan fingerprint density at radius 2 is 1.26 bits per heavy atom. The van der Waals surface area contributed by atoms with Crippen LogP contribution >= 0.6 is 0 Å². The summed E-state index contributed by atoms with van der Waals surface area (Å²) in [4.78, 5) is 142. The number of amides is 8. The average molecular weight is 1320 g/mol. The van der Waals surface area contributed by atoms with Crippen LogP contribution in [0.3, 0.4) is 0 Å². The van der Waals surface area contributed by atoms with E-state index in [1.807, 2.05) is 122 Å². The van der Waals surface area contributed by atoms with Gasteiger partial charge in [0.1, 0.15) is 17.6 Å². The van der Waals surface area contributed by atoms with Gasteiger partial charge in [0.05, 0.1) is 42.8 Å². The first kappa shape index (κ1) is 80.0. The van der Waals surface area contributed by atoms with Crippen molar-refractivity contribution in [3.05, 3.63) is 101 Å². The van der Waals surface area contributed by atoms with Crippen LogP contribution in [-0.4, -0.2) is 171 Å². The number of carbonyl (C=O) groups excluding carboxylic acids is 10. The summed E-state index contributed by atoms with van der Waals surface area (Å²) in [6, 6.07) is 20.1. The van der Waals surface area contributed by atoms with Crippen molar-refractivity contribution >= 4 is 64.5 Å². The van der Waals surface area contributed by atoms with Crippen LogP contribution in [-0.2, 0) is 78.6 Å². The first-order valence-electron chi connectivity index (χ1n) is 34.0. The fraction of sp³-hybridized carbons (Fsp3) is 0.616. The number of ketones is 3. The summed E-state index contributed by atoms with van der Waals surface area (Å²) in [7, 11) is 10.3. The van der Waals surface area contributed by atoms with Gasteiger partial charge in [-0.1, -0.05) is 135 Å². The fourth-order valence-corrected chi connectivity index (χ4v) is 13.0. The number of likely N-dealkylation sites (N-methyl/N-ethyl adjacent to an activating group) is 2. The van der Waals surface area contributed by atoms with E-state index < -0.39 is 78.0 Å². The van der Waals surface area contributed by atoms with Crippen LogP contribution in [0.15, 0.2) is 78.9 Å². The molecule has 1 aliphatic rings. The Labute approximate surface area is 564 Å². The van der Waals surface area contributed by atoms with Crippen molar-refractivity contribution in [3.63, 3.8) is 0 Å². The number of hydrogen-bond acceptors (Lipinski definition) is 14. The fourth-order valence-electron chi connectivity index (χ4n) is 13.0. The molecule has 0 aromatic heterocycles. The van der Waals surface area contributed by atoms with E-state index >= 15 is 0 Å². The lowest BCUT2D eigenvalue weighted by Gasteiger charge is -2.41. The summed E-state index contributed by atoms with van der Waals surface area (Å²) in [5.74, 6) is -5.62. The normalized spacial score (nSPS) is 16.4. The van der Waals surface area contributed by atoms with Crippen LogP contribution in [0.5, 0.6) is 0 Å². The predicted octanol–water partition coefficient (Wildman–Crippen LogP) is 7.18. The number of anilines is 1. The number of nitrogens with one attached hydrogen (secondary N) is 6. The zero-order valence-corrected chi connectivity index (χ0v) is 59.2. The summed E-state index contributed by atoms with van der Waals surface area (Å²) in [6.45, 7) is 18.5. The van der Waals surface area contributed by atoms with E-state index in [0.717, 1.165) is 16.7 Å². The molecule has 95 heavy (non-hydrogen) atoms. The first-order valence-corrected chi connectivity index (χ1v) is 34.0. The molecule has 8 amide bonds. The Kier molecular flexibility index (Phi) is 33.9. The van der Waals surface area contributed by atoms with Gasteiger partial charge in [-0.15, -0.1) is 0 Å². The number of nitrogens with zero attached hydrogens (tertiary/aromatic N) is 3. The molecule has 1 saturated heterocycles. The molecule has 3 aromatic rings. The molecular weight excluding hydrogens is 1210 g/mol. The highest BCUT2D eigenvalue weighted by Gasteiger charge is 2.44. The molecule has 1 heterocycles. The number of benzene rings is 3. The molecule has 0 spiro atoms. The summed E-state index contributed by atoms with van der Waals surface area (Å²) in [6.07, 6.45) is 1.06. The zero-order valence-electron chi connectivity index (χ0n) is 59.2. The van der Waals surface area contributed by atoms with E-state index in [-0.39, 0.29) is 129 Å². The SMILES string of the molecule is CC[C@H](C)[C@@H]([C@@H](CC(=O)N1CCC[C@H]1[C@H](OC)[C@@H](C)C(=O)C[C@@H](Cc1ccccc1)C(=O)NCc1ccc(NC(=O)[C@H](CCCNC(N)=O)CC(=O)[C@@H](NC(=O)CCC(=O)Cc2ccc(CNC)cc2)C(C)C)cc1)OC)N(C)C(=O)[C@@H](NC(=O)[C@H](C(C)C)N(C)C)C(C)C. The van der Waals surface area contributed by atoms with Gasteiger partial charge in [-0.05, 0) is 111 Å². The number of urea groups is 1. The van der Waals surface area contributed by atoms with E-state index in [4.69, 9.17) is 15.2 Å². The molecular formula is C73H112N10O12. The lowest BCUT2D eigenvalue weighted by Crippen LogP contribution is -2.59. The van der Waals surface area contributed by atoms with Crippen LogP contribution in [0, 0.1) is 41.4 Å². The quantitative estimate of drug-likeness (QED) is 0.0277. The number of nitrogens with two attached hydrogens (primary N) is 1. The Morgan fingerprint density at radius 1 is 0.653 bits per heavy atom. The van der Waals surface area contributed by atoms with Gasteiger partial charge in [-0.2, -0.15) is 0 Å². The number of primary amides is 1. The molecule has 526 valence electrons. The van der Waals surface area contributed by atoms with E-state index in [2.05, 4.69) is 31.9 Å². The topological polar surface area (TPSA) is 297 Å². The molecule has 1 aliphatic heterocycles. The maximum atomic E-state index is 14.7. The molecule has 8 N–H and O–H groups in total. The van der Waals surface area contributed by atoms with Crippen molar-refractivity contribution in [2.24, 2.45) is 47.2 Å². The number of methoxy groups -OCH3 is 2. The monoisotopic (exact) mass is 1320 g/mol. The minimum atomic E-state index is -0.925. The van der Waals surface area contributed by atoms with Gasteiger partial charge in [0.2, 0.25) is 35.4 Å². The third-order valence-corrected chi connectivity index (χ3v) is 18.5. The molecule has 0 radical (unpaired) electrons. The smallest absolute Gasteiger partial charge is 0.312 e. The molecule has 0 aliphatic carbocycles. The first-order chi connectivity index (χ1) is 45.0. The van der Waals surface area contributed by atoms with Gasteiger partial charge in [0.15, 0.2) is 5.78 Å². The minimum Gasteiger partial charge on any atom is -0.379 e. The molecule has 11 atom stereocenters. The number of rotatable bonds is 42. The molecule has 1 fully saturated rings. The standard InChI is InChI=1S/C73H112N10O12/c1-16-48(8)67(82(13)72(92)65(46(4)5)80-71(91)66(47(6)7)81(11)12)61(94-14)42-63(88)83-37-21-25-58(83)68(95-15)49(9)59(85)41-55(38-50-22-18-17-19-23-50)69(89)77-44-53-30-32-56(33-31-53)78-70(90)54(24-20-36-76-73(74)93)40-60(86)64(45(2)3)79-62(87)35-34-57(84)39-51-26-28-52(29-27-51)43-75-10/h17-19,22-23,26-33,45-49,54-55,58,61,64-68,75H,16,20-21,24-25,34-44H2,1-15H3,(H,77,89)(H,78,90)(H,79,87)(H,80,91)(H3,74,76,93)/t48-,49-,54+,55+,58-,61+,64-,65-,66-,67-,68+/m0/s1. The second kappa shape index (κ2) is 40.2. The number of hydrogen-bond donors (Lipinski definition) is 7. The number of carbonyl (C=O) groups is 10. The second-order valence-corrected chi connectivity index (χ2v) is 27.1. The average Bonchev–Trinajstić information content (AvgIpc) is 1.80. The van der Waals surface area contributed by atoms with Crippen LogP contribution in [0.1, 0.15) is 149 Å². The van der Waals surface area contributed by atoms with Gasteiger partial charge in [-0.25, -0.2) is 4.79 Å². The lowest BCUT2D eigenvalue weighted by atomic mass is 9.85. The van der Waals surface area contributed by atoms with E-state index in [9.17, 15) is 47.9 Å². The largest absolute Gasteiger partial charge is 0.379 e. The van der Waals surface area contributed by atoms with Crippen molar-refractivity contribution in [1.82, 2.24) is 41.3 Å². The maximum absolute atomic E-state index is 14.7. The number of ether oxygens (including phenoxy) is 2. The molecule has 0 unspecified atom stereocenters. The van der Waals surface area contributed by atoms with Crippen molar-refractivity contribution in [2.45, 2.75) is 195 Å². The van der Waals surface area contributed by atoms with Gasteiger partial charge < -0.3 is 56.9 Å². The van der Waals surface area contributed by atoms with E-state index in [0.29, 0.717) is 50.0 Å². The van der Waals surface area contributed by atoms with Crippen LogP contribution in [0.25, 0.3) is 0 Å². The van der Waals surface area contributed by atoms with E-state index in [1.54, 1.807) is 69.0 Å². The third kappa shape index (κ3) is 25.3. The summed E-state index contributed by atoms with van der Waals surface area (Å²) < 4.78 is 12.2. The van der Waals surface area contributed by atoms with E-state index in [1.165, 1.54) is 7.11 Å². The Hall–Kier alpha value is -7.40. The maximum Gasteiger partial charge on any atom is 0.312 e. The van der Waals surface area contributed by atoms with Crippen molar-refractivity contribution in [2.75, 3.05) is 60.8 Å².